The Labute approximate surface area is 224 Å². The number of nitrogens with two attached hydrogens (primary N) is 1. The molecule has 0 saturated carbocycles. The molecule has 198 valence electrons. The van der Waals surface area contributed by atoms with Crippen LogP contribution in [0, 0.1) is 11.6 Å². The summed E-state index contributed by atoms with van der Waals surface area (Å²) in [7, 11) is 0. The molecule has 0 aliphatic heterocycles. The van der Waals surface area contributed by atoms with Gasteiger partial charge in [0, 0.05) is 36.0 Å². The van der Waals surface area contributed by atoms with E-state index in [4.69, 9.17) is 5.73 Å². The third-order valence-corrected chi connectivity index (χ3v) is 7.26. The van der Waals surface area contributed by atoms with Gasteiger partial charge in [-0.2, -0.15) is 5.10 Å². The monoisotopic (exact) mass is 536 g/mol. The molecule has 4 rings (SSSR count). The predicted molar refractivity (Wildman–Crippen MR) is 146 cm³/mol. The van der Waals surface area contributed by atoms with Gasteiger partial charge >= 0.3 is 0 Å². The highest BCUT2D eigenvalue weighted by molar-refractivity contribution is 8.00. The Hall–Kier alpha value is -3.40. The summed E-state index contributed by atoms with van der Waals surface area (Å²) in [6.45, 7) is 2.31. The number of carbonyl (C=O) groups is 1. The predicted octanol–water partition coefficient (Wildman–Crippen LogP) is 4.52. The van der Waals surface area contributed by atoms with Gasteiger partial charge in [0.05, 0.1) is 18.1 Å². The number of aromatic nitrogens is 2. The van der Waals surface area contributed by atoms with Crippen molar-refractivity contribution in [2.75, 3.05) is 12.3 Å². The Morgan fingerprint density at radius 2 is 1.76 bits per heavy atom. The van der Waals surface area contributed by atoms with Crippen LogP contribution in [-0.2, 0) is 24.2 Å². The fourth-order valence-corrected chi connectivity index (χ4v) is 5.14. The van der Waals surface area contributed by atoms with Crippen LogP contribution in [0.15, 0.2) is 78.0 Å². The number of amides is 1. The maximum atomic E-state index is 13.6. The topological polar surface area (TPSA) is 92.3 Å². The number of aliphatic hydroxyl groups excluding tert-OH is 1. The van der Waals surface area contributed by atoms with Gasteiger partial charge in [0.15, 0.2) is 0 Å². The highest BCUT2D eigenvalue weighted by Crippen LogP contribution is 2.25. The summed E-state index contributed by atoms with van der Waals surface area (Å²) in [4.78, 5) is 15.0. The Balaban J connectivity index is 1.49. The highest BCUT2D eigenvalue weighted by atomic mass is 32.2. The molecule has 0 saturated heterocycles. The quantitative estimate of drug-likeness (QED) is 0.274. The molecule has 9 heteroatoms. The molecule has 1 heterocycles. The summed E-state index contributed by atoms with van der Waals surface area (Å²) in [6, 6.07) is 18.0. The number of fused-ring (bicyclic) bond motifs is 1. The fraction of sp³-hybridized carbons (Fsp3) is 0.276. The average Bonchev–Trinajstić information content (AvgIpc) is 2.90. The number of halogens is 2. The minimum absolute atomic E-state index is 0.0318. The number of carbonyl (C=O) groups excluding carboxylic acids is 1. The van der Waals surface area contributed by atoms with E-state index in [1.807, 2.05) is 48.5 Å². The van der Waals surface area contributed by atoms with Crippen LogP contribution in [0.1, 0.15) is 23.6 Å². The molecule has 0 bridgehead atoms. The second-order valence-corrected chi connectivity index (χ2v) is 10.2. The first kappa shape index (κ1) is 27.6. The Morgan fingerprint density at radius 1 is 1.03 bits per heavy atom. The van der Waals surface area contributed by atoms with Crippen molar-refractivity contribution < 1.29 is 18.7 Å². The molecule has 4 aromatic rings. The number of aliphatic hydroxyl groups is 1. The van der Waals surface area contributed by atoms with E-state index < -0.39 is 23.8 Å². The fourth-order valence-electron chi connectivity index (χ4n) is 4.25. The zero-order valence-corrected chi connectivity index (χ0v) is 21.9. The highest BCUT2D eigenvalue weighted by Gasteiger charge is 2.24. The van der Waals surface area contributed by atoms with E-state index in [0.717, 1.165) is 34.4 Å². The van der Waals surface area contributed by atoms with E-state index in [9.17, 15) is 18.7 Å². The zero-order valence-electron chi connectivity index (χ0n) is 21.1. The van der Waals surface area contributed by atoms with Crippen molar-refractivity contribution in [3.05, 3.63) is 101 Å². The summed E-state index contributed by atoms with van der Waals surface area (Å²) >= 11 is 1.28. The van der Waals surface area contributed by atoms with E-state index in [-0.39, 0.29) is 31.2 Å². The number of hydrogen-bond acceptors (Lipinski definition) is 6. The first-order chi connectivity index (χ1) is 18.3. The number of thioether (sulfide) groups is 1. The molecular formula is C29H30F2N4O2S. The van der Waals surface area contributed by atoms with Gasteiger partial charge in [0.1, 0.15) is 16.7 Å². The van der Waals surface area contributed by atoms with Gasteiger partial charge in [-0.15, -0.1) is 5.10 Å². The van der Waals surface area contributed by atoms with E-state index >= 15 is 0 Å². The third-order valence-electron chi connectivity index (χ3n) is 6.29. The number of nitrogens with zero attached hydrogens (tertiary/aromatic N) is 3. The Kier molecular flexibility index (Phi) is 9.38. The van der Waals surface area contributed by atoms with Crippen molar-refractivity contribution in [2.24, 2.45) is 5.73 Å². The van der Waals surface area contributed by atoms with Crippen LogP contribution in [0.5, 0.6) is 0 Å². The Bertz CT molecular complexity index is 1380. The number of aryl methyl sites for hydroxylation is 1. The molecule has 0 spiro atoms. The largest absolute Gasteiger partial charge is 0.390 e. The lowest BCUT2D eigenvalue weighted by molar-refractivity contribution is -0.130. The number of benzene rings is 3. The molecule has 1 aromatic heterocycles. The van der Waals surface area contributed by atoms with Crippen molar-refractivity contribution in [3.63, 3.8) is 0 Å². The smallest absolute Gasteiger partial charge is 0.233 e. The summed E-state index contributed by atoms with van der Waals surface area (Å²) in [6.07, 6.45) is 1.48. The van der Waals surface area contributed by atoms with E-state index in [2.05, 4.69) is 17.1 Å². The minimum Gasteiger partial charge on any atom is -0.390 e. The van der Waals surface area contributed by atoms with Crippen molar-refractivity contribution in [2.45, 2.75) is 43.5 Å². The molecule has 0 aliphatic rings. The van der Waals surface area contributed by atoms with Gasteiger partial charge in [-0.05, 0) is 41.7 Å². The maximum Gasteiger partial charge on any atom is 0.233 e. The SMILES string of the molecule is CCc1cccc(CN(C[C@@H](O)[C@@H](N)Cc2cc(F)cc(F)c2)C(=O)CSc2nncc3ccccc23)c1. The molecule has 1 amide bonds. The van der Waals surface area contributed by atoms with Crippen LogP contribution >= 0.6 is 11.8 Å². The first-order valence-electron chi connectivity index (χ1n) is 12.4. The molecule has 3 N–H and O–H groups in total. The third kappa shape index (κ3) is 7.34. The van der Waals surface area contributed by atoms with Gasteiger partial charge in [0.2, 0.25) is 5.91 Å². The van der Waals surface area contributed by atoms with E-state index in [1.54, 1.807) is 11.1 Å². The average molecular weight is 537 g/mol. The van der Waals surface area contributed by atoms with Gasteiger partial charge in [-0.3, -0.25) is 4.79 Å². The molecule has 6 nitrogen and oxygen atoms in total. The summed E-state index contributed by atoms with van der Waals surface area (Å²) in [5.41, 5.74) is 8.62. The molecule has 0 fully saturated rings. The lowest BCUT2D eigenvalue weighted by Gasteiger charge is -2.28. The lowest BCUT2D eigenvalue weighted by atomic mass is 10.0. The second-order valence-electron chi connectivity index (χ2n) is 9.19. The van der Waals surface area contributed by atoms with Crippen LogP contribution in [0.25, 0.3) is 10.8 Å². The molecule has 0 radical (unpaired) electrons. The Morgan fingerprint density at radius 3 is 2.53 bits per heavy atom. The van der Waals surface area contributed by atoms with Crippen LogP contribution < -0.4 is 5.73 Å². The number of rotatable bonds is 11. The second kappa shape index (κ2) is 12.9. The molecule has 0 unspecified atom stereocenters. The standard InChI is InChI=1S/C29H30F2N4O2S/c1-2-19-6-5-7-20(10-19)16-35(17-27(36)26(32)13-21-11-23(30)14-24(31)12-21)28(37)18-38-29-25-9-4-3-8-22(25)15-33-34-29/h3-12,14-15,26-27,36H,2,13,16-18,32H2,1H3/t26-,27+/m0/s1. The molecule has 3 aromatic carbocycles. The van der Waals surface area contributed by atoms with E-state index in [0.29, 0.717) is 10.6 Å². The van der Waals surface area contributed by atoms with Crippen LogP contribution in [0.2, 0.25) is 0 Å². The van der Waals surface area contributed by atoms with Gasteiger partial charge in [0.25, 0.3) is 0 Å². The molecular weight excluding hydrogens is 506 g/mol. The van der Waals surface area contributed by atoms with Crippen molar-refractivity contribution in [1.29, 1.82) is 0 Å². The van der Waals surface area contributed by atoms with Crippen molar-refractivity contribution >= 4 is 28.4 Å². The zero-order chi connectivity index (χ0) is 27.1. The first-order valence-corrected chi connectivity index (χ1v) is 13.4. The van der Waals surface area contributed by atoms with Gasteiger partial charge in [-0.25, -0.2) is 8.78 Å². The van der Waals surface area contributed by atoms with E-state index in [1.165, 1.54) is 23.9 Å². The molecule has 38 heavy (non-hydrogen) atoms. The van der Waals surface area contributed by atoms with Crippen LogP contribution in [0.4, 0.5) is 8.78 Å². The van der Waals surface area contributed by atoms with Crippen LogP contribution in [-0.4, -0.2) is 50.6 Å². The van der Waals surface area contributed by atoms with Crippen molar-refractivity contribution in [1.82, 2.24) is 15.1 Å². The molecule has 2 atom stereocenters. The summed E-state index contributed by atoms with van der Waals surface area (Å²) in [5.74, 6) is -1.52. The van der Waals surface area contributed by atoms with Crippen molar-refractivity contribution in [3.8, 4) is 0 Å². The lowest BCUT2D eigenvalue weighted by Crippen LogP contribution is -2.46. The van der Waals surface area contributed by atoms with Gasteiger partial charge in [-0.1, -0.05) is 67.2 Å². The minimum atomic E-state index is -1.11. The number of hydrogen-bond donors (Lipinski definition) is 2. The summed E-state index contributed by atoms with van der Waals surface area (Å²) in [5, 5.41) is 21.6. The van der Waals surface area contributed by atoms with Crippen LogP contribution in [0.3, 0.4) is 0 Å². The molecule has 0 aliphatic carbocycles. The maximum absolute atomic E-state index is 13.6. The normalized spacial score (nSPS) is 12.9. The van der Waals surface area contributed by atoms with Gasteiger partial charge < -0.3 is 15.7 Å². The summed E-state index contributed by atoms with van der Waals surface area (Å²) < 4.78 is 27.2.